The SMILES string of the molecule is C/C=C/CC(O)c1ccc(CC(C)C)cc1. The third-order valence-corrected chi connectivity index (χ3v) is 2.60. The average Bonchev–Trinajstić information content (AvgIpc) is 2.26. The van der Waals surface area contributed by atoms with Crippen LogP contribution in [0.1, 0.15) is 44.4 Å². The summed E-state index contributed by atoms with van der Waals surface area (Å²) in [6.45, 7) is 6.40. The van der Waals surface area contributed by atoms with Crippen LogP contribution in [0.25, 0.3) is 0 Å². The van der Waals surface area contributed by atoms with Crippen LogP contribution in [-0.2, 0) is 6.42 Å². The van der Waals surface area contributed by atoms with Crippen molar-refractivity contribution in [3.63, 3.8) is 0 Å². The van der Waals surface area contributed by atoms with Gasteiger partial charge in [-0.25, -0.2) is 0 Å². The molecule has 16 heavy (non-hydrogen) atoms. The standard InChI is InChI=1S/C15H22O/c1-4-5-6-15(16)14-9-7-13(8-10-14)11-12(2)3/h4-5,7-10,12,15-16H,6,11H2,1-3H3/b5-4+. The summed E-state index contributed by atoms with van der Waals surface area (Å²) in [5, 5.41) is 9.87. The van der Waals surface area contributed by atoms with Crippen molar-refractivity contribution in [1.82, 2.24) is 0 Å². The molecular weight excluding hydrogens is 196 g/mol. The van der Waals surface area contributed by atoms with Crippen molar-refractivity contribution in [2.75, 3.05) is 0 Å². The number of rotatable bonds is 5. The molecule has 0 aliphatic carbocycles. The van der Waals surface area contributed by atoms with Crippen LogP contribution in [-0.4, -0.2) is 5.11 Å². The third kappa shape index (κ3) is 4.19. The summed E-state index contributed by atoms with van der Waals surface area (Å²) >= 11 is 0. The van der Waals surface area contributed by atoms with Crippen LogP contribution in [0.2, 0.25) is 0 Å². The van der Waals surface area contributed by atoms with E-state index in [4.69, 9.17) is 0 Å². The molecule has 1 aromatic rings. The number of aliphatic hydroxyl groups is 1. The van der Waals surface area contributed by atoms with E-state index in [0.717, 1.165) is 12.0 Å². The summed E-state index contributed by atoms with van der Waals surface area (Å²) in [6, 6.07) is 8.31. The first-order valence-electron chi connectivity index (χ1n) is 6.01. The Balaban J connectivity index is 2.63. The molecule has 0 aliphatic rings. The van der Waals surface area contributed by atoms with Crippen LogP contribution in [0, 0.1) is 5.92 Å². The van der Waals surface area contributed by atoms with E-state index >= 15 is 0 Å². The lowest BCUT2D eigenvalue weighted by Gasteiger charge is -2.10. The number of hydrogen-bond donors (Lipinski definition) is 1. The number of benzene rings is 1. The van der Waals surface area contributed by atoms with Gasteiger partial charge in [0.2, 0.25) is 0 Å². The molecule has 1 heteroatoms. The summed E-state index contributed by atoms with van der Waals surface area (Å²) in [6.07, 6.45) is 5.39. The molecule has 0 amide bonds. The molecule has 1 atom stereocenters. The lowest BCUT2D eigenvalue weighted by molar-refractivity contribution is 0.181. The fraction of sp³-hybridized carbons (Fsp3) is 0.467. The maximum absolute atomic E-state index is 9.87. The minimum absolute atomic E-state index is 0.371. The molecule has 0 saturated carbocycles. The number of allylic oxidation sites excluding steroid dienone is 1. The number of hydrogen-bond acceptors (Lipinski definition) is 1. The highest BCUT2D eigenvalue weighted by Crippen LogP contribution is 2.18. The van der Waals surface area contributed by atoms with Gasteiger partial charge in [0, 0.05) is 0 Å². The van der Waals surface area contributed by atoms with Crippen LogP contribution in [0.4, 0.5) is 0 Å². The summed E-state index contributed by atoms with van der Waals surface area (Å²) in [5.74, 6) is 0.679. The smallest absolute Gasteiger partial charge is 0.0824 e. The van der Waals surface area contributed by atoms with Crippen LogP contribution >= 0.6 is 0 Å². The monoisotopic (exact) mass is 218 g/mol. The van der Waals surface area contributed by atoms with Gasteiger partial charge in [0.1, 0.15) is 0 Å². The van der Waals surface area contributed by atoms with Gasteiger partial charge in [-0.2, -0.15) is 0 Å². The Bertz CT molecular complexity index is 322. The van der Waals surface area contributed by atoms with Gasteiger partial charge in [0.15, 0.2) is 0 Å². The summed E-state index contributed by atoms with van der Waals surface area (Å²) in [5.41, 5.74) is 2.35. The molecule has 0 aliphatic heterocycles. The molecule has 0 bridgehead atoms. The van der Waals surface area contributed by atoms with Crippen LogP contribution in [0.3, 0.4) is 0 Å². The first-order valence-corrected chi connectivity index (χ1v) is 6.01. The summed E-state index contributed by atoms with van der Waals surface area (Å²) < 4.78 is 0. The van der Waals surface area contributed by atoms with Crippen molar-refractivity contribution in [3.8, 4) is 0 Å². The Morgan fingerprint density at radius 2 is 1.81 bits per heavy atom. The zero-order valence-corrected chi connectivity index (χ0v) is 10.5. The highest BCUT2D eigenvalue weighted by atomic mass is 16.3. The van der Waals surface area contributed by atoms with Crippen molar-refractivity contribution in [2.24, 2.45) is 5.92 Å². The lowest BCUT2D eigenvalue weighted by atomic mass is 9.99. The highest BCUT2D eigenvalue weighted by Gasteiger charge is 2.05. The lowest BCUT2D eigenvalue weighted by Crippen LogP contribution is -1.98. The number of aliphatic hydroxyl groups excluding tert-OH is 1. The molecular formula is C15H22O. The molecule has 88 valence electrons. The van der Waals surface area contributed by atoms with Crippen LogP contribution in [0.5, 0.6) is 0 Å². The van der Waals surface area contributed by atoms with E-state index in [0.29, 0.717) is 12.3 Å². The highest BCUT2D eigenvalue weighted by molar-refractivity contribution is 5.24. The van der Waals surface area contributed by atoms with Crippen LogP contribution in [0.15, 0.2) is 36.4 Å². The first kappa shape index (κ1) is 13.0. The molecule has 1 N–H and O–H groups in total. The van der Waals surface area contributed by atoms with E-state index in [9.17, 15) is 5.11 Å². The van der Waals surface area contributed by atoms with Crippen molar-refractivity contribution in [1.29, 1.82) is 0 Å². The van der Waals surface area contributed by atoms with E-state index in [1.807, 2.05) is 31.2 Å². The Kier molecular flexibility index (Phi) is 5.27. The summed E-state index contributed by atoms with van der Waals surface area (Å²) in [7, 11) is 0. The zero-order valence-electron chi connectivity index (χ0n) is 10.5. The minimum atomic E-state index is -0.371. The van der Waals surface area contributed by atoms with Crippen molar-refractivity contribution in [3.05, 3.63) is 47.5 Å². The van der Waals surface area contributed by atoms with Gasteiger partial charge in [-0.3, -0.25) is 0 Å². The van der Waals surface area contributed by atoms with Gasteiger partial charge in [0.25, 0.3) is 0 Å². The van der Waals surface area contributed by atoms with Crippen molar-refractivity contribution >= 4 is 0 Å². The van der Waals surface area contributed by atoms with Gasteiger partial charge >= 0.3 is 0 Å². The average molecular weight is 218 g/mol. The van der Waals surface area contributed by atoms with Gasteiger partial charge in [-0.1, -0.05) is 50.3 Å². The van der Waals surface area contributed by atoms with Gasteiger partial charge in [-0.05, 0) is 36.8 Å². The third-order valence-electron chi connectivity index (χ3n) is 2.60. The minimum Gasteiger partial charge on any atom is -0.388 e. The van der Waals surface area contributed by atoms with Gasteiger partial charge in [0.05, 0.1) is 6.10 Å². The van der Waals surface area contributed by atoms with E-state index in [2.05, 4.69) is 26.0 Å². The maximum Gasteiger partial charge on any atom is 0.0824 e. The predicted molar refractivity (Wildman–Crippen MR) is 69.4 cm³/mol. The Morgan fingerprint density at radius 3 is 2.31 bits per heavy atom. The molecule has 0 saturated heterocycles. The van der Waals surface area contributed by atoms with Crippen molar-refractivity contribution < 1.29 is 5.11 Å². The molecule has 0 aromatic heterocycles. The zero-order chi connectivity index (χ0) is 12.0. The molecule has 0 spiro atoms. The fourth-order valence-electron chi connectivity index (χ4n) is 1.75. The second-order valence-corrected chi connectivity index (χ2v) is 4.66. The molecule has 0 radical (unpaired) electrons. The fourth-order valence-corrected chi connectivity index (χ4v) is 1.75. The second kappa shape index (κ2) is 6.49. The molecule has 1 nitrogen and oxygen atoms in total. The Morgan fingerprint density at radius 1 is 1.19 bits per heavy atom. The van der Waals surface area contributed by atoms with Crippen LogP contribution < -0.4 is 0 Å². The second-order valence-electron chi connectivity index (χ2n) is 4.66. The maximum atomic E-state index is 9.87. The molecule has 1 rings (SSSR count). The van der Waals surface area contributed by atoms with E-state index in [1.54, 1.807) is 0 Å². The molecule has 1 aromatic carbocycles. The molecule has 1 unspecified atom stereocenters. The van der Waals surface area contributed by atoms with Crippen molar-refractivity contribution in [2.45, 2.75) is 39.7 Å². The first-order chi connectivity index (χ1) is 7.63. The van der Waals surface area contributed by atoms with E-state index in [1.165, 1.54) is 5.56 Å². The molecule has 0 fully saturated rings. The van der Waals surface area contributed by atoms with E-state index in [-0.39, 0.29) is 6.10 Å². The Labute approximate surface area is 98.8 Å². The normalized spacial score (nSPS) is 13.6. The predicted octanol–water partition coefficient (Wildman–Crippen LogP) is 3.88. The summed E-state index contributed by atoms with van der Waals surface area (Å²) in [4.78, 5) is 0. The molecule has 0 heterocycles. The van der Waals surface area contributed by atoms with E-state index < -0.39 is 0 Å². The van der Waals surface area contributed by atoms with Gasteiger partial charge < -0.3 is 5.11 Å². The quantitative estimate of drug-likeness (QED) is 0.743. The Hall–Kier alpha value is -1.08. The van der Waals surface area contributed by atoms with Gasteiger partial charge in [-0.15, -0.1) is 0 Å². The topological polar surface area (TPSA) is 20.2 Å². The largest absolute Gasteiger partial charge is 0.388 e.